The molecular weight excluding hydrogens is 255 g/mol. The number of benzene rings is 1. The fraction of sp³-hybridized carbons (Fsp3) is 0.385. The molecule has 1 atom stereocenters. The molecule has 90 valence electrons. The topological polar surface area (TPSA) is 27.8 Å². The van der Waals surface area contributed by atoms with Gasteiger partial charge < -0.3 is 10.3 Å². The number of nitrogens with one attached hydrogen (secondary N) is 2. The van der Waals surface area contributed by atoms with Gasteiger partial charge in [-0.3, -0.25) is 0 Å². The van der Waals surface area contributed by atoms with Gasteiger partial charge in [-0.1, -0.05) is 23.2 Å². The maximum absolute atomic E-state index is 6.22. The number of fused-ring (bicyclic) bond motifs is 3. The highest BCUT2D eigenvalue weighted by molar-refractivity contribution is 6.38. The average Bonchev–Trinajstić information content (AvgIpc) is 2.67. The molecule has 0 saturated carbocycles. The summed E-state index contributed by atoms with van der Waals surface area (Å²) in [4.78, 5) is 3.44. The van der Waals surface area contributed by atoms with Crippen molar-refractivity contribution in [2.24, 2.45) is 0 Å². The van der Waals surface area contributed by atoms with E-state index < -0.39 is 0 Å². The lowest BCUT2D eigenvalue weighted by atomic mass is 9.91. The van der Waals surface area contributed by atoms with Crippen molar-refractivity contribution in [3.8, 4) is 0 Å². The van der Waals surface area contributed by atoms with Crippen molar-refractivity contribution >= 4 is 34.1 Å². The summed E-state index contributed by atoms with van der Waals surface area (Å²) in [6, 6.07) is 4.36. The van der Waals surface area contributed by atoms with Crippen molar-refractivity contribution in [2.45, 2.75) is 25.3 Å². The van der Waals surface area contributed by atoms with Gasteiger partial charge in [0.05, 0.1) is 10.5 Å². The quantitative estimate of drug-likeness (QED) is 0.814. The zero-order valence-corrected chi connectivity index (χ0v) is 11.1. The minimum Gasteiger partial charge on any atom is -0.357 e. The van der Waals surface area contributed by atoms with Crippen LogP contribution in [0.2, 0.25) is 10.0 Å². The van der Waals surface area contributed by atoms with Crippen LogP contribution in [-0.4, -0.2) is 18.1 Å². The zero-order valence-electron chi connectivity index (χ0n) is 9.61. The molecule has 17 heavy (non-hydrogen) atoms. The summed E-state index contributed by atoms with van der Waals surface area (Å²) in [6.45, 7) is 0. The van der Waals surface area contributed by atoms with Crippen LogP contribution in [0.1, 0.15) is 17.7 Å². The first-order chi connectivity index (χ1) is 8.19. The van der Waals surface area contributed by atoms with Crippen molar-refractivity contribution in [1.82, 2.24) is 10.3 Å². The fourth-order valence-corrected chi connectivity index (χ4v) is 3.23. The van der Waals surface area contributed by atoms with E-state index in [1.54, 1.807) is 6.07 Å². The van der Waals surface area contributed by atoms with Gasteiger partial charge in [0.15, 0.2) is 0 Å². The van der Waals surface area contributed by atoms with Crippen LogP contribution in [0.5, 0.6) is 0 Å². The molecule has 2 nitrogen and oxygen atoms in total. The number of halogens is 2. The maximum atomic E-state index is 6.22. The Kier molecular flexibility index (Phi) is 2.81. The number of rotatable bonds is 1. The number of likely N-dealkylation sites (N-methyl/N-ethyl adjacent to an activating group) is 1. The summed E-state index contributed by atoms with van der Waals surface area (Å²) in [5.41, 5.74) is 3.71. The van der Waals surface area contributed by atoms with Crippen LogP contribution < -0.4 is 5.32 Å². The van der Waals surface area contributed by atoms with Gasteiger partial charge in [0.2, 0.25) is 0 Å². The summed E-state index contributed by atoms with van der Waals surface area (Å²) < 4.78 is 0. The van der Waals surface area contributed by atoms with E-state index in [1.165, 1.54) is 23.1 Å². The van der Waals surface area contributed by atoms with Crippen molar-refractivity contribution in [2.75, 3.05) is 7.05 Å². The van der Waals surface area contributed by atoms with E-state index in [-0.39, 0.29) is 0 Å². The van der Waals surface area contributed by atoms with Crippen LogP contribution in [0.4, 0.5) is 0 Å². The summed E-state index contributed by atoms with van der Waals surface area (Å²) in [5, 5.41) is 5.94. The van der Waals surface area contributed by atoms with Crippen LogP contribution >= 0.6 is 23.2 Å². The van der Waals surface area contributed by atoms with Gasteiger partial charge in [0.25, 0.3) is 0 Å². The Bertz CT molecular complexity index is 574. The van der Waals surface area contributed by atoms with Crippen LogP contribution in [-0.2, 0) is 12.8 Å². The molecule has 4 heteroatoms. The molecule has 0 amide bonds. The molecule has 2 N–H and O–H groups in total. The second-order valence-corrected chi connectivity index (χ2v) is 5.46. The Morgan fingerprint density at radius 3 is 2.94 bits per heavy atom. The van der Waals surface area contributed by atoms with E-state index in [0.29, 0.717) is 16.1 Å². The molecule has 0 bridgehead atoms. The van der Waals surface area contributed by atoms with Gasteiger partial charge in [-0.15, -0.1) is 0 Å². The third-order valence-electron chi connectivity index (χ3n) is 3.62. The number of hydrogen-bond donors (Lipinski definition) is 2. The van der Waals surface area contributed by atoms with Gasteiger partial charge in [-0.2, -0.15) is 0 Å². The van der Waals surface area contributed by atoms with Crippen LogP contribution in [0.3, 0.4) is 0 Å². The minimum atomic E-state index is 0.555. The van der Waals surface area contributed by atoms with Gasteiger partial charge in [-0.25, -0.2) is 0 Å². The van der Waals surface area contributed by atoms with Crippen molar-refractivity contribution in [3.63, 3.8) is 0 Å². The molecule has 1 aromatic carbocycles. The molecular formula is C13H14Cl2N2. The Morgan fingerprint density at radius 1 is 1.35 bits per heavy atom. The third kappa shape index (κ3) is 1.85. The van der Waals surface area contributed by atoms with Gasteiger partial charge in [-0.05, 0) is 44.0 Å². The molecule has 0 spiro atoms. The lowest BCUT2D eigenvalue weighted by molar-refractivity contribution is 0.495. The Hall–Kier alpha value is -0.700. The number of hydrogen-bond acceptors (Lipinski definition) is 1. The van der Waals surface area contributed by atoms with E-state index in [9.17, 15) is 0 Å². The average molecular weight is 269 g/mol. The Balaban J connectivity index is 2.20. The van der Waals surface area contributed by atoms with Crippen molar-refractivity contribution in [3.05, 3.63) is 33.4 Å². The van der Waals surface area contributed by atoms with Gasteiger partial charge >= 0.3 is 0 Å². The molecule has 2 aromatic rings. The van der Waals surface area contributed by atoms with Crippen molar-refractivity contribution < 1.29 is 0 Å². The molecule has 0 fully saturated rings. The lowest BCUT2D eigenvalue weighted by Gasteiger charge is -2.21. The maximum Gasteiger partial charge on any atom is 0.0662 e. The number of aryl methyl sites for hydroxylation is 1. The molecule has 1 aliphatic carbocycles. The first-order valence-electron chi connectivity index (χ1n) is 5.84. The highest BCUT2D eigenvalue weighted by atomic mass is 35.5. The van der Waals surface area contributed by atoms with E-state index in [0.717, 1.165) is 18.4 Å². The second kappa shape index (κ2) is 4.20. The normalized spacial score (nSPS) is 19.6. The Morgan fingerprint density at radius 2 is 2.18 bits per heavy atom. The summed E-state index contributed by atoms with van der Waals surface area (Å²) in [7, 11) is 2.02. The first kappa shape index (κ1) is 11.4. The molecule has 1 aliphatic rings. The zero-order chi connectivity index (χ0) is 12.0. The Labute approximate surface area is 110 Å². The second-order valence-electron chi connectivity index (χ2n) is 4.62. The van der Waals surface area contributed by atoms with Crippen LogP contribution in [0, 0.1) is 0 Å². The number of aromatic nitrogens is 1. The van der Waals surface area contributed by atoms with E-state index in [2.05, 4.69) is 10.3 Å². The number of H-pyrrole nitrogens is 1. The van der Waals surface area contributed by atoms with Crippen LogP contribution in [0.15, 0.2) is 12.1 Å². The van der Waals surface area contributed by atoms with Crippen LogP contribution in [0.25, 0.3) is 10.9 Å². The monoisotopic (exact) mass is 268 g/mol. The fourth-order valence-electron chi connectivity index (χ4n) is 2.69. The van der Waals surface area contributed by atoms with Gasteiger partial charge in [0.1, 0.15) is 0 Å². The third-order valence-corrected chi connectivity index (χ3v) is 4.14. The predicted octanol–water partition coefficient (Wildman–Crippen LogP) is 3.55. The largest absolute Gasteiger partial charge is 0.357 e. The van der Waals surface area contributed by atoms with E-state index in [4.69, 9.17) is 23.2 Å². The molecule has 0 radical (unpaired) electrons. The van der Waals surface area contributed by atoms with Crippen molar-refractivity contribution in [1.29, 1.82) is 0 Å². The van der Waals surface area contributed by atoms with E-state index >= 15 is 0 Å². The standard InChI is InChI=1S/C13H14Cl2N2/c1-16-8-2-3-12-9(6-8)10-4-7(14)5-11(15)13(10)17-12/h4-5,8,16-17H,2-3,6H2,1H3. The smallest absolute Gasteiger partial charge is 0.0662 e. The first-order valence-corrected chi connectivity index (χ1v) is 6.60. The molecule has 1 heterocycles. The highest BCUT2D eigenvalue weighted by Gasteiger charge is 2.22. The molecule has 1 unspecified atom stereocenters. The SMILES string of the molecule is CNC1CCc2[nH]c3c(Cl)cc(Cl)cc3c2C1. The molecule has 0 aliphatic heterocycles. The summed E-state index contributed by atoms with van der Waals surface area (Å²) >= 11 is 12.3. The summed E-state index contributed by atoms with van der Waals surface area (Å²) in [5.74, 6) is 0. The summed E-state index contributed by atoms with van der Waals surface area (Å²) in [6.07, 6.45) is 3.29. The minimum absolute atomic E-state index is 0.555. The predicted molar refractivity (Wildman–Crippen MR) is 73.2 cm³/mol. The lowest BCUT2D eigenvalue weighted by Crippen LogP contribution is -2.31. The van der Waals surface area contributed by atoms with E-state index in [1.807, 2.05) is 13.1 Å². The number of aromatic amines is 1. The molecule has 0 saturated heterocycles. The van der Waals surface area contributed by atoms with Gasteiger partial charge in [0, 0.05) is 22.1 Å². The molecule has 3 rings (SSSR count). The molecule has 1 aromatic heterocycles. The highest BCUT2D eigenvalue weighted by Crippen LogP contribution is 2.34.